The lowest BCUT2D eigenvalue weighted by molar-refractivity contribution is -0.145. The maximum Gasteiger partial charge on any atom is 0.250 e. The van der Waals surface area contributed by atoms with Gasteiger partial charge in [0.25, 0.3) is 0 Å². The van der Waals surface area contributed by atoms with Crippen molar-refractivity contribution >= 4 is 29.3 Å². The molecule has 0 saturated carbocycles. The zero-order chi connectivity index (χ0) is 19.5. The number of rotatable bonds is 4. The lowest BCUT2D eigenvalue weighted by atomic mass is 9.76. The fraction of sp³-hybridized carbons (Fsp3) is 0.474. The number of carbonyl (C=O) groups excluding carboxylic acids is 4. The second kappa shape index (κ2) is 5.88. The smallest absolute Gasteiger partial charge is 0.250 e. The molecule has 1 aromatic carbocycles. The summed E-state index contributed by atoms with van der Waals surface area (Å²) in [4.78, 5) is 52.4. The van der Waals surface area contributed by atoms with E-state index >= 15 is 0 Å². The zero-order valence-electron chi connectivity index (χ0n) is 15.2. The van der Waals surface area contributed by atoms with E-state index < -0.39 is 29.3 Å². The summed E-state index contributed by atoms with van der Waals surface area (Å²) in [6, 6.07) is 6.16. The molecule has 2 fully saturated rings. The Labute approximate surface area is 156 Å². The average molecular weight is 370 g/mol. The Balaban J connectivity index is 1.88. The number of hydrogen-bond acceptors (Lipinski definition) is 5. The van der Waals surface area contributed by atoms with Crippen LogP contribution in [0.1, 0.15) is 32.3 Å². The van der Waals surface area contributed by atoms with Crippen molar-refractivity contribution in [3.63, 3.8) is 0 Å². The van der Waals surface area contributed by atoms with Gasteiger partial charge in [0.05, 0.1) is 11.8 Å². The summed E-state index contributed by atoms with van der Waals surface area (Å²) in [7, 11) is 0. The third kappa shape index (κ3) is 2.19. The summed E-state index contributed by atoms with van der Waals surface area (Å²) in [6.45, 7) is 3.70. The molecule has 8 nitrogen and oxygen atoms in total. The maximum absolute atomic E-state index is 13.3. The predicted octanol–water partition coefficient (Wildman–Crippen LogP) is 0.0809. The van der Waals surface area contributed by atoms with Crippen molar-refractivity contribution in [3.05, 3.63) is 29.8 Å². The Morgan fingerprint density at radius 2 is 1.96 bits per heavy atom. The lowest BCUT2D eigenvalue weighted by Crippen LogP contribution is -2.54. The van der Waals surface area contributed by atoms with Gasteiger partial charge in [0.2, 0.25) is 23.6 Å². The molecular formula is C19H22N4O4. The van der Waals surface area contributed by atoms with Crippen molar-refractivity contribution in [2.45, 2.75) is 44.3 Å². The highest BCUT2D eigenvalue weighted by Gasteiger charge is 2.70. The Kier molecular flexibility index (Phi) is 3.85. The van der Waals surface area contributed by atoms with E-state index in [1.165, 1.54) is 4.90 Å². The third-order valence-corrected chi connectivity index (χ3v) is 6.11. The van der Waals surface area contributed by atoms with Gasteiger partial charge in [-0.1, -0.05) is 25.1 Å². The van der Waals surface area contributed by atoms with Crippen molar-refractivity contribution < 1.29 is 19.2 Å². The van der Waals surface area contributed by atoms with Gasteiger partial charge in [0, 0.05) is 29.8 Å². The molecule has 8 heteroatoms. The fourth-order valence-electron chi connectivity index (χ4n) is 4.79. The van der Waals surface area contributed by atoms with Gasteiger partial charge >= 0.3 is 0 Å². The molecule has 1 aromatic rings. The summed E-state index contributed by atoms with van der Waals surface area (Å²) >= 11 is 0. The topological polar surface area (TPSA) is 122 Å². The predicted molar refractivity (Wildman–Crippen MR) is 96.1 cm³/mol. The molecular weight excluding hydrogens is 348 g/mol. The molecule has 3 aliphatic rings. The van der Waals surface area contributed by atoms with E-state index in [1.54, 1.807) is 24.3 Å². The van der Waals surface area contributed by atoms with Gasteiger partial charge in [0.1, 0.15) is 5.54 Å². The summed E-state index contributed by atoms with van der Waals surface area (Å²) < 4.78 is 0. The van der Waals surface area contributed by atoms with E-state index in [9.17, 15) is 19.2 Å². The van der Waals surface area contributed by atoms with E-state index in [0.29, 0.717) is 17.7 Å². The lowest BCUT2D eigenvalue weighted by Gasteiger charge is -2.30. The number of nitrogens with zero attached hydrogens (tertiary/aromatic N) is 1. The minimum absolute atomic E-state index is 0.119. The van der Waals surface area contributed by atoms with Crippen molar-refractivity contribution in [2.24, 2.45) is 17.6 Å². The third-order valence-electron chi connectivity index (χ3n) is 6.11. The van der Waals surface area contributed by atoms with Crippen LogP contribution in [0.25, 0.3) is 0 Å². The van der Waals surface area contributed by atoms with Crippen LogP contribution in [0, 0.1) is 11.8 Å². The first kappa shape index (κ1) is 17.7. The Morgan fingerprint density at radius 3 is 2.63 bits per heavy atom. The number of nitrogens with two attached hydrogens (primary N) is 1. The molecule has 1 spiro atoms. The quantitative estimate of drug-likeness (QED) is 0.648. The Bertz CT molecular complexity index is 869. The number of nitrogens with one attached hydrogen (secondary N) is 2. The molecule has 4 amide bonds. The summed E-state index contributed by atoms with van der Waals surface area (Å²) in [5, 5.41) is 5.97. The summed E-state index contributed by atoms with van der Waals surface area (Å²) in [5.74, 6) is -3.37. The van der Waals surface area contributed by atoms with Gasteiger partial charge in [-0.05, 0) is 19.4 Å². The standard InChI is InChI=1S/C19H22N4O4/c1-3-9(2)23-16(25)14-12(8-13(20)24)22-19(15(14)17(23)26)10-6-4-5-7-11(10)21-18(19)27/h4-7,9,12,14-15,22H,3,8H2,1-2H3,(H2,20,24)(H,21,27)/t9-,12+,14+,15+,19-/m1/s1. The second-order valence-electron chi connectivity index (χ2n) is 7.54. The monoisotopic (exact) mass is 370 g/mol. The van der Waals surface area contributed by atoms with Crippen molar-refractivity contribution in [3.8, 4) is 0 Å². The normalized spacial score (nSPS) is 32.6. The molecule has 5 atom stereocenters. The van der Waals surface area contributed by atoms with Crippen LogP contribution in [-0.2, 0) is 24.7 Å². The van der Waals surface area contributed by atoms with E-state index in [1.807, 2.05) is 13.8 Å². The maximum atomic E-state index is 13.3. The van der Waals surface area contributed by atoms with E-state index in [0.717, 1.165) is 0 Å². The molecule has 142 valence electrons. The molecule has 0 aliphatic carbocycles. The SMILES string of the molecule is CC[C@@H](C)N1C(=O)[C@H]2[C@H](CC(N)=O)N[C@@]3(C(=O)Nc4ccccc43)[C@@H]2C1=O. The van der Waals surface area contributed by atoms with Gasteiger partial charge in [-0.15, -0.1) is 0 Å². The van der Waals surface area contributed by atoms with Crippen LogP contribution in [0.5, 0.6) is 0 Å². The zero-order valence-corrected chi connectivity index (χ0v) is 15.2. The number of para-hydroxylation sites is 1. The molecule has 4 N–H and O–H groups in total. The van der Waals surface area contributed by atoms with E-state index in [2.05, 4.69) is 10.6 Å². The highest BCUT2D eigenvalue weighted by atomic mass is 16.2. The minimum Gasteiger partial charge on any atom is -0.370 e. The number of fused-ring (bicyclic) bond motifs is 4. The second-order valence-corrected chi connectivity index (χ2v) is 7.54. The van der Waals surface area contributed by atoms with Gasteiger partial charge in [-0.25, -0.2) is 0 Å². The van der Waals surface area contributed by atoms with Crippen LogP contribution in [0.15, 0.2) is 24.3 Å². The Morgan fingerprint density at radius 1 is 1.26 bits per heavy atom. The van der Waals surface area contributed by atoms with E-state index in [-0.39, 0.29) is 30.2 Å². The number of hydrogen-bond donors (Lipinski definition) is 3. The highest BCUT2D eigenvalue weighted by molar-refractivity contribution is 6.15. The molecule has 4 rings (SSSR count). The van der Waals surface area contributed by atoms with Gasteiger partial charge in [-0.3, -0.25) is 29.4 Å². The summed E-state index contributed by atoms with van der Waals surface area (Å²) in [6.07, 6.45) is 0.492. The molecule has 2 saturated heterocycles. The van der Waals surface area contributed by atoms with Crippen LogP contribution >= 0.6 is 0 Å². The molecule has 0 bridgehead atoms. The molecule has 27 heavy (non-hydrogen) atoms. The average Bonchev–Trinajstić information content (AvgIpc) is 3.19. The van der Waals surface area contributed by atoms with E-state index in [4.69, 9.17) is 5.73 Å². The number of likely N-dealkylation sites (tertiary alicyclic amines) is 1. The molecule has 0 unspecified atom stereocenters. The van der Waals surface area contributed by atoms with Crippen LogP contribution in [0.2, 0.25) is 0 Å². The van der Waals surface area contributed by atoms with Crippen LogP contribution in [0.4, 0.5) is 5.69 Å². The van der Waals surface area contributed by atoms with Crippen molar-refractivity contribution in [2.75, 3.05) is 5.32 Å². The van der Waals surface area contributed by atoms with Crippen LogP contribution in [0.3, 0.4) is 0 Å². The van der Waals surface area contributed by atoms with Crippen molar-refractivity contribution in [1.29, 1.82) is 0 Å². The first-order valence-electron chi connectivity index (χ1n) is 9.16. The van der Waals surface area contributed by atoms with Crippen LogP contribution < -0.4 is 16.4 Å². The first-order chi connectivity index (χ1) is 12.8. The molecule has 3 heterocycles. The Hall–Kier alpha value is -2.74. The number of amides is 4. The highest BCUT2D eigenvalue weighted by Crippen LogP contribution is 2.53. The van der Waals surface area contributed by atoms with Gasteiger partial charge < -0.3 is 11.1 Å². The van der Waals surface area contributed by atoms with Gasteiger partial charge in [0.15, 0.2) is 0 Å². The number of benzene rings is 1. The number of primary amides is 1. The number of imide groups is 1. The first-order valence-corrected chi connectivity index (χ1v) is 9.16. The molecule has 0 aromatic heterocycles. The minimum atomic E-state index is -1.36. The van der Waals surface area contributed by atoms with Crippen molar-refractivity contribution in [1.82, 2.24) is 10.2 Å². The fourth-order valence-corrected chi connectivity index (χ4v) is 4.79. The molecule has 0 radical (unpaired) electrons. The van der Waals surface area contributed by atoms with Gasteiger partial charge in [-0.2, -0.15) is 0 Å². The number of anilines is 1. The largest absolute Gasteiger partial charge is 0.370 e. The number of carbonyl (C=O) groups is 4. The summed E-state index contributed by atoms with van der Waals surface area (Å²) in [5.41, 5.74) is 5.25. The molecule has 3 aliphatic heterocycles. The van der Waals surface area contributed by atoms with Crippen LogP contribution in [-0.4, -0.2) is 40.6 Å².